The Morgan fingerprint density at radius 2 is 1.92 bits per heavy atom. The van der Waals surface area contributed by atoms with Gasteiger partial charge in [-0.05, 0) is 62.6 Å². The van der Waals surface area contributed by atoms with Crippen LogP contribution in [-0.4, -0.2) is 28.0 Å². The molecule has 2 unspecified atom stereocenters. The van der Waals surface area contributed by atoms with Crippen molar-refractivity contribution in [3.05, 3.63) is 89.1 Å². The molecule has 0 radical (unpaired) electrons. The third-order valence-electron chi connectivity index (χ3n) is 7.19. The number of pyridine rings is 3. The van der Waals surface area contributed by atoms with Gasteiger partial charge in [0.2, 0.25) is 0 Å². The molecule has 196 valence electrons. The summed E-state index contributed by atoms with van der Waals surface area (Å²) in [4.78, 5) is 26.8. The lowest BCUT2D eigenvalue weighted by Crippen LogP contribution is -2.50. The second-order valence-corrected chi connectivity index (χ2v) is 9.55. The summed E-state index contributed by atoms with van der Waals surface area (Å²) in [6.07, 6.45) is 1.52. The van der Waals surface area contributed by atoms with Crippen LogP contribution in [0.4, 0.5) is 18.9 Å². The predicted octanol–water partition coefficient (Wildman–Crippen LogP) is 5.40. The molecule has 2 atom stereocenters. The number of nitrogens with zero attached hydrogens (tertiary/aromatic N) is 3. The maximum Gasteiger partial charge on any atom is 0.417 e. The Kier molecular flexibility index (Phi) is 6.42. The summed E-state index contributed by atoms with van der Waals surface area (Å²) in [7, 11) is 1.57. The molecular weight excluding hydrogens is 495 g/mol. The molecule has 0 spiro atoms. The molecule has 1 aromatic carbocycles. The van der Waals surface area contributed by atoms with Crippen molar-refractivity contribution >= 4 is 22.5 Å². The Balaban J connectivity index is 1.63. The first-order chi connectivity index (χ1) is 18.1. The van der Waals surface area contributed by atoms with Crippen molar-refractivity contribution in [3.8, 4) is 5.75 Å². The van der Waals surface area contributed by atoms with Crippen LogP contribution in [0.2, 0.25) is 0 Å². The van der Waals surface area contributed by atoms with Crippen molar-refractivity contribution in [1.29, 1.82) is 0 Å². The highest BCUT2D eigenvalue weighted by Crippen LogP contribution is 2.47. The fourth-order valence-corrected chi connectivity index (χ4v) is 5.32. The van der Waals surface area contributed by atoms with Crippen LogP contribution in [0.15, 0.2) is 61.1 Å². The third kappa shape index (κ3) is 4.51. The van der Waals surface area contributed by atoms with E-state index in [0.29, 0.717) is 23.4 Å². The molecule has 1 amide bonds. The number of benzene rings is 1. The number of amides is 1. The van der Waals surface area contributed by atoms with Crippen LogP contribution in [0.5, 0.6) is 5.75 Å². The van der Waals surface area contributed by atoms with E-state index >= 15 is 0 Å². The maximum absolute atomic E-state index is 13.7. The first-order valence-electron chi connectivity index (χ1n) is 12.1. The van der Waals surface area contributed by atoms with Crippen molar-refractivity contribution in [2.75, 3.05) is 12.8 Å². The molecule has 0 saturated heterocycles. The van der Waals surface area contributed by atoms with Gasteiger partial charge in [-0.1, -0.05) is 6.07 Å². The SMILES string of the molecule is COc1ccnc2c1CCCC2C(C)(NC(=O)c1ccc2ncccc2c1)c1ncc(C(F)(F)F)cc1N. The van der Waals surface area contributed by atoms with E-state index in [1.54, 1.807) is 56.8 Å². The Labute approximate surface area is 217 Å². The number of ether oxygens (including phenoxy) is 1. The molecule has 5 rings (SSSR count). The van der Waals surface area contributed by atoms with Crippen LogP contribution in [0.25, 0.3) is 10.9 Å². The number of methoxy groups -OCH3 is 1. The summed E-state index contributed by atoms with van der Waals surface area (Å²) < 4.78 is 45.7. The molecule has 3 aromatic heterocycles. The summed E-state index contributed by atoms with van der Waals surface area (Å²) in [6.45, 7) is 1.74. The number of hydrogen-bond acceptors (Lipinski definition) is 6. The van der Waals surface area contributed by atoms with Gasteiger partial charge in [0.15, 0.2) is 0 Å². The Bertz CT molecular complexity index is 1520. The second kappa shape index (κ2) is 9.59. The Hall–Kier alpha value is -4.21. The van der Waals surface area contributed by atoms with Gasteiger partial charge >= 0.3 is 6.18 Å². The molecule has 10 heteroatoms. The lowest BCUT2D eigenvalue weighted by molar-refractivity contribution is -0.137. The highest BCUT2D eigenvalue weighted by Gasteiger charge is 2.45. The normalized spacial score (nSPS) is 16.9. The van der Waals surface area contributed by atoms with Gasteiger partial charge < -0.3 is 15.8 Å². The van der Waals surface area contributed by atoms with E-state index in [1.165, 1.54) is 0 Å². The number of alkyl halides is 3. The molecule has 1 aliphatic carbocycles. The fraction of sp³-hybridized carbons (Fsp3) is 0.286. The van der Waals surface area contributed by atoms with E-state index in [0.717, 1.165) is 41.6 Å². The van der Waals surface area contributed by atoms with Crippen molar-refractivity contribution in [2.24, 2.45) is 0 Å². The zero-order chi connectivity index (χ0) is 27.1. The van der Waals surface area contributed by atoms with Gasteiger partial charge in [-0.15, -0.1) is 0 Å². The number of anilines is 1. The number of nitrogens with one attached hydrogen (secondary N) is 1. The van der Waals surface area contributed by atoms with E-state index in [2.05, 4.69) is 20.3 Å². The number of hydrogen-bond donors (Lipinski definition) is 2. The van der Waals surface area contributed by atoms with Crippen molar-refractivity contribution in [1.82, 2.24) is 20.3 Å². The van der Waals surface area contributed by atoms with Gasteiger partial charge in [-0.2, -0.15) is 13.2 Å². The van der Waals surface area contributed by atoms with E-state index in [4.69, 9.17) is 10.5 Å². The first kappa shape index (κ1) is 25.4. The standard InChI is InChI=1S/C28H26F3N5O2/c1-27(25-21(32)14-18(15-35-25)28(29,30)31,20-7-3-6-19-23(38-2)10-12-34-24(19)20)36-26(37)17-8-9-22-16(13-17)5-4-11-33-22/h4-5,8-15,20H,3,6-7,32H2,1-2H3,(H,36,37). The van der Waals surface area contributed by atoms with Crippen LogP contribution in [-0.2, 0) is 18.1 Å². The number of aromatic nitrogens is 3. The van der Waals surface area contributed by atoms with Crippen LogP contribution in [0.1, 0.15) is 58.6 Å². The van der Waals surface area contributed by atoms with Crippen LogP contribution < -0.4 is 15.8 Å². The smallest absolute Gasteiger partial charge is 0.417 e. The molecule has 0 fully saturated rings. The molecule has 0 bridgehead atoms. The van der Waals surface area contributed by atoms with E-state index in [-0.39, 0.29) is 11.4 Å². The highest BCUT2D eigenvalue weighted by atomic mass is 19.4. The fourth-order valence-electron chi connectivity index (χ4n) is 5.32. The predicted molar refractivity (Wildman–Crippen MR) is 137 cm³/mol. The van der Waals surface area contributed by atoms with Crippen LogP contribution in [0, 0.1) is 0 Å². The maximum atomic E-state index is 13.7. The number of nitrogen functional groups attached to an aromatic ring is 1. The number of rotatable bonds is 5. The number of nitrogens with two attached hydrogens (primary N) is 1. The number of fused-ring (bicyclic) bond motifs is 2. The molecule has 3 heterocycles. The van der Waals surface area contributed by atoms with E-state index < -0.39 is 29.1 Å². The van der Waals surface area contributed by atoms with Crippen LogP contribution in [0.3, 0.4) is 0 Å². The number of halogens is 3. The Morgan fingerprint density at radius 1 is 1.11 bits per heavy atom. The molecule has 4 aromatic rings. The summed E-state index contributed by atoms with van der Waals surface area (Å²) in [5, 5.41) is 3.85. The van der Waals surface area contributed by atoms with E-state index in [9.17, 15) is 18.0 Å². The zero-order valence-corrected chi connectivity index (χ0v) is 20.8. The summed E-state index contributed by atoms with van der Waals surface area (Å²) >= 11 is 0. The molecule has 3 N–H and O–H groups in total. The minimum Gasteiger partial charge on any atom is -0.496 e. The summed E-state index contributed by atoms with van der Waals surface area (Å²) in [5.41, 5.74) is 6.64. The molecular formula is C28H26F3N5O2. The first-order valence-corrected chi connectivity index (χ1v) is 12.1. The average molecular weight is 522 g/mol. The van der Waals surface area contributed by atoms with Crippen molar-refractivity contribution < 1.29 is 22.7 Å². The topological polar surface area (TPSA) is 103 Å². The quantitative estimate of drug-likeness (QED) is 0.365. The molecule has 1 aliphatic rings. The van der Waals surface area contributed by atoms with Crippen molar-refractivity contribution in [3.63, 3.8) is 0 Å². The molecule has 7 nitrogen and oxygen atoms in total. The van der Waals surface area contributed by atoms with Gasteiger partial charge in [0, 0.05) is 41.0 Å². The lowest BCUT2D eigenvalue weighted by Gasteiger charge is -2.41. The number of carbonyl (C=O) groups excluding carboxylic acids is 1. The monoisotopic (exact) mass is 521 g/mol. The Morgan fingerprint density at radius 3 is 2.66 bits per heavy atom. The highest BCUT2D eigenvalue weighted by molar-refractivity contribution is 5.98. The molecule has 0 saturated carbocycles. The lowest BCUT2D eigenvalue weighted by atomic mass is 9.72. The summed E-state index contributed by atoms with van der Waals surface area (Å²) in [6, 6.07) is 11.4. The third-order valence-corrected chi connectivity index (χ3v) is 7.19. The number of carbonyl (C=O) groups is 1. The zero-order valence-electron chi connectivity index (χ0n) is 20.8. The largest absolute Gasteiger partial charge is 0.496 e. The van der Waals surface area contributed by atoms with Crippen LogP contribution >= 0.6 is 0 Å². The van der Waals surface area contributed by atoms with Gasteiger partial charge in [0.1, 0.15) is 5.75 Å². The minimum absolute atomic E-state index is 0.142. The molecule has 0 aliphatic heterocycles. The minimum atomic E-state index is -4.61. The van der Waals surface area contributed by atoms with E-state index in [1.807, 2.05) is 6.07 Å². The van der Waals surface area contributed by atoms with Gasteiger partial charge in [-0.25, -0.2) is 0 Å². The summed E-state index contributed by atoms with van der Waals surface area (Å²) in [5.74, 6) is -0.183. The van der Waals surface area contributed by atoms with Gasteiger partial charge in [0.05, 0.1) is 40.8 Å². The van der Waals surface area contributed by atoms with Gasteiger partial charge in [0.25, 0.3) is 5.91 Å². The average Bonchev–Trinajstić information content (AvgIpc) is 2.91. The van der Waals surface area contributed by atoms with Crippen molar-refractivity contribution in [2.45, 2.75) is 43.8 Å². The second-order valence-electron chi connectivity index (χ2n) is 9.55. The van der Waals surface area contributed by atoms with Gasteiger partial charge in [-0.3, -0.25) is 19.7 Å². The molecule has 38 heavy (non-hydrogen) atoms.